The molecular weight excluding hydrogens is 490 g/mol. The van der Waals surface area contributed by atoms with Gasteiger partial charge in [0.05, 0.1) is 17.7 Å². The van der Waals surface area contributed by atoms with Crippen LogP contribution in [0.15, 0.2) is 72.3 Å². The molecule has 1 saturated heterocycles. The number of halogens is 1. The summed E-state index contributed by atoms with van der Waals surface area (Å²) in [7, 11) is 1.46. The lowest BCUT2D eigenvalue weighted by Gasteiger charge is -2.26. The second kappa shape index (κ2) is 10.3. The lowest BCUT2D eigenvalue weighted by atomic mass is 10.1. The Morgan fingerprint density at radius 1 is 1.06 bits per heavy atom. The topological polar surface area (TPSA) is 128 Å². The first-order valence-electron chi connectivity index (χ1n) is 10.5. The number of amides is 4. The number of rotatable bonds is 7. The first kappa shape index (κ1) is 24.4. The normalized spacial score (nSPS) is 14.6. The van der Waals surface area contributed by atoms with Crippen LogP contribution in [-0.4, -0.2) is 29.9 Å². The van der Waals surface area contributed by atoms with Gasteiger partial charge in [-0.05, 0) is 42.0 Å². The SMILES string of the molecule is COc1ccc(/C=C2\C(=O)NC(=O)N(c3cccc(Cl)c3)C2=O)c(OCc2cccc([N+](=O)[O-])c2)c1. The minimum atomic E-state index is -0.902. The van der Waals surface area contributed by atoms with Gasteiger partial charge in [0.1, 0.15) is 23.7 Å². The Morgan fingerprint density at radius 3 is 2.56 bits per heavy atom. The molecule has 3 aromatic rings. The third-order valence-electron chi connectivity index (χ3n) is 5.20. The second-order valence-electron chi connectivity index (χ2n) is 7.56. The molecule has 4 rings (SSSR count). The Kier molecular flexibility index (Phi) is 6.98. The van der Waals surface area contributed by atoms with Gasteiger partial charge in [0.25, 0.3) is 17.5 Å². The number of carbonyl (C=O) groups excluding carboxylic acids is 3. The van der Waals surface area contributed by atoms with Crippen molar-refractivity contribution in [3.63, 3.8) is 0 Å². The van der Waals surface area contributed by atoms with Gasteiger partial charge in [0.15, 0.2) is 0 Å². The molecule has 10 nitrogen and oxygen atoms in total. The van der Waals surface area contributed by atoms with Crippen LogP contribution in [0.1, 0.15) is 11.1 Å². The number of ether oxygens (including phenoxy) is 2. The molecule has 3 aromatic carbocycles. The number of carbonyl (C=O) groups is 3. The fraction of sp³-hybridized carbons (Fsp3) is 0.0800. The molecule has 1 aliphatic heterocycles. The van der Waals surface area contributed by atoms with E-state index in [9.17, 15) is 24.5 Å². The number of hydrogen-bond acceptors (Lipinski definition) is 7. The van der Waals surface area contributed by atoms with Crippen LogP contribution >= 0.6 is 11.6 Å². The van der Waals surface area contributed by atoms with E-state index in [1.807, 2.05) is 0 Å². The number of nitro groups is 1. The van der Waals surface area contributed by atoms with Crippen LogP contribution in [-0.2, 0) is 16.2 Å². The van der Waals surface area contributed by atoms with E-state index in [2.05, 4.69) is 5.32 Å². The highest BCUT2D eigenvalue weighted by atomic mass is 35.5. The van der Waals surface area contributed by atoms with Crippen molar-refractivity contribution in [3.05, 3.63) is 98.6 Å². The van der Waals surface area contributed by atoms with Gasteiger partial charge >= 0.3 is 6.03 Å². The van der Waals surface area contributed by atoms with Gasteiger partial charge in [-0.15, -0.1) is 0 Å². The molecule has 1 aliphatic rings. The summed E-state index contributed by atoms with van der Waals surface area (Å²) in [4.78, 5) is 49.5. The molecule has 1 N–H and O–H groups in total. The Morgan fingerprint density at radius 2 is 1.83 bits per heavy atom. The standard InChI is InChI=1S/C25H18ClN3O7/c1-35-20-9-8-16(22(13-20)36-14-15-4-2-7-19(10-15)29(33)34)11-21-23(30)27-25(32)28(24(21)31)18-6-3-5-17(26)12-18/h2-13H,14H2,1H3,(H,27,30,32)/b21-11+. The van der Waals surface area contributed by atoms with Gasteiger partial charge in [-0.1, -0.05) is 29.8 Å². The summed E-state index contributed by atoms with van der Waals surface area (Å²) in [6, 6.07) is 15.9. The maximum absolute atomic E-state index is 13.2. The fourth-order valence-corrected chi connectivity index (χ4v) is 3.65. The van der Waals surface area contributed by atoms with E-state index in [0.29, 0.717) is 21.9 Å². The van der Waals surface area contributed by atoms with Crippen LogP contribution in [0.25, 0.3) is 6.08 Å². The maximum atomic E-state index is 13.2. The first-order valence-corrected chi connectivity index (χ1v) is 10.9. The Hall–Kier alpha value is -4.70. The number of nitrogens with zero attached hydrogens (tertiary/aromatic N) is 2. The van der Waals surface area contributed by atoms with Crippen LogP contribution in [0.4, 0.5) is 16.2 Å². The van der Waals surface area contributed by atoms with Crippen molar-refractivity contribution in [1.29, 1.82) is 0 Å². The Bertz CT molecular complexity index is 1420. The van der Waals surface area contributed by atoms with Crippen LogP contribution in [0.5, 0.6) is 11.5 Å². The van der Waals surface area contributed by atoms with Crippen molar-refractivity contribution < 1.29 is 28.8 Å². The molecule has 182 valence electrons. The van der Waals surface area contributed by atoms with E-state index in [1.54, 1.807) is 36.4 Å². The number of benzene rings is 3. The highest BCUT2D eigenvalue weighted by molar-refractivity contribution is 6.39. The second-order valence-corrected chi connectivity index (χ2v) is 7.99. The minimum Gasteiger partial charge on any atom is -0.497 e. The van der Waals surface area contributed by atoms with E-state index in [-0.39, 0.29) is 29.3 Å². The smallest absolute Gasteiger partial charge is 0.335 e. The number of nitrogens with one attached hydrogen (secondary N) is 1. The van der Waals surface area contributed by atoms with Crippen LogP contribution < -0.4 is 19.7 Å². The van der Waals surface area contributed by atoms with Crippen LogP contribution in [0.3, 0.4) is 0 Å². The summed E-state index contributed by atoms with van der Waals surface area (Å²) in [5.74, 6) is -1.02. The van der Waals surface area contributed by atoms with Gasteiger partial charge in [0.2, 0.25) is 0 Å². The molecule has 0 atom stereocenters. The molecule has 11 heteroatoms. The summed E-state index contributed by atoms with van der Waals surface area (Å²) < 4.78 is 11.1. The Balaban J connectivity index is 1.68. The molecule has 0 spiro atoms. The number of imide groups is 2. The predicted molar refractivity (Wildman–Crippen MR) is 131 cm³/mol. The number of hydrogen-bond donors (Lipinski definition) is 1. The third-order valence-corrected chi connectivity index (χ3v) is 5.44. The molecule has 36 heavy (non-hydrogen) atoms. The molecular formula is C25H18ClN3O7. The lowest BCUT2D eigenvalue weighted by molar-refractivity contribution is -0.384. The fourth-order valence-electron chi connectivity index (χ4n) is 3.47. The van der Waals surface area contributed by atoms with E-state index in [4.69, 9.17) is 21.1 Å². The average Bonchev–Trinajstić information content (AvgIpc) is 2.85. The van der Waals surface area contributed by atoms with Crippen molar-refractivity contribution in [2.45, 2.75) is 6.61 Å². The Labute approximate surface area is 209 Å². The highest BCUT2D eigenvalue weighted by Gasteiger charge is 2.37. The zero-order valence-electron chi connectivity index (χ0n) is 18.8. The molecule has 1 fully saturated rings. The van der Waals surface area contributed by atoms with Gasteiger partial charge < -0.3 is 9.47 Å². The number of methoxy groups -OCH3 is 1. The number of barbiturate groups is 1. The first-order chi connectivity index (χ1) is 17.3. The molecule has 0 aliphatic carbocycles. The van der Waals surface area contributed by atoms with Crippen LogP contribution in [0.2, 0.25) is 5.02 Å². The molecule has 0 bridgehead atoms. The van der Waals surface area contributed by atoms with Crippen molar-refractivity contribution in [3.8, 4) is 11.5 Å². The number of urea groups is 1. The van der Waals surface area contributed by atoms with Crippen molar-refractivity contribution >= 4 is 46.9 Å². The van der Waals surface area contributed by atoms with E-state index >= 15 is 0 Å². The van der Waals surface area contributed by atoms with E-state index in [1.165, 1.54) is 43.5 Å². The maximum Gasteiger partial charge on any atom is 0.335 e. The van der Waals surface area contributed by atoms with Crippen molar-refractivity contribution in [1.82, 2.24) is 5.32 Å². The van der Waals surface area contributed by atoms with Crippen LogP contribution in [0, 0.1) is 10.1 Å². The zero-order chi connectivity index (χ0) is 25.8. The monoisotopic (exact) mass is 507 g/mol. The highest BCUT2D eigenvalue weighted by Crippen LogP contribution is 2.30. The van der Waals surface area contributed by atoms with E-state index in [0.717, 1.165) is 4.90 Å². The molecule has 1 heterocycles. The molecule has 0 radical (unpaired) electrons. The van der Waals surface area contributed by atoms with Crippen molar-refractivity contribution in [2.75, 3.05) is 12.0 Å². The summed E-state index contributed by atoms with van der Waals surface area (Å²) in [5.41, 5.74) is 0.689. The molecule has 0 aromatic heterocycles. The number of non-ortho nitro benzene ring substituents is 1. The molecule has 4 amide bonds. The van der Waals surface area contributed by atoms with Crippen molar-refractivity contribution in [2.24, 2.45) is 0 Å². The number of nitro benzene ring substituents is 1. The zero-order valence-corrected chi connectivity index (χ0v) is 19.5. The summed E-state index contributed by atoms with van der Waals surface area (Å²) in [6.45, 7) is -0.0295. The summed E-state index contributed by atoms with van der Waals surface area (Å²) in [6.07, 6.45) is 1.30. The largest absolute Gasteiger partial charge is 0.497 e. The molecule has 0 unspecified atom stereocenters. The average molecular weight is 508 g/mol. The summed E-state index contributed by atoms with van der Waals surface area (Å²) in [5, 5.41) is 13.5. The van der Waals surface area contributed by atoms with E-state index < -0.39 is 22.8 Å². The predicted octanol–water partition coefficient (Wildman–Crippen LogP) is 4.50. The molecule has 0 saturated carbocycles. The number of anilines is 1. The quantitative estimate of drug-likeness (QED) is 0.216. The third kappa shape index (κ3) is 5.18. The lowest BCUT2D eigenvalue weighted by Crippen LogP contribution is -2.54. The minimum absolute atomic E-state index is 0.0295. The van der Waals surface area contributed by atoms with Gasteiger partial charge in [0, 0.05) is 28.8 Å². The van der Waals surface area contributed by atoms with Gasteiger partial charge in [-0.25, -0.2) is 9.69 Å². The summed E-state index contributed by atoms with van der Waals surface area (Å²) >= 11 is 6.00. The van der Waals surface area contributed by atoms with Gasteiger partial charge in [-0.3, -0.25) is 25.0 Å². The van der Waals surface area contributed by atoms with Gasteiger partial charge in [-0.2, -0.15) is 0 Å².